The van der Waals surface area contributed by atoms with Crippen LogP contribution in [-0.2, 0) is 22.7 Å². The maximum absolute atomic E-state index is 12.2. The first-order valence-electron chi connectivity index (χ1n) is 9.85. The Morgan fingerprint density at radius 3 is 1.47 bits per heavy atom. The SMILES string of the molecule is C[NH+](CC(=O)Nc1ccc(NC(=O)C[NH+](C)Cc2ccco2)cc1)Cc1ccco1. The van der Waals surface area contributed by atoms with E-state index in [1.54, 1.807) is 36.8 Å². The summed E-state index contributed by atoms with van der Waals surface area (Å²) in [5.41, 5.74) is 1.37. The summed E-state index contributed by atoms with van der Waals surface area (Å²) in [5, 5.41) is 5.74. The monoisotopic (exact) mass is 412 g/mol. The number of benzene rings is 1. The van der Waals surface area contributed by atoms with Gasteiger partial charge in [0, 0.05) is 11.4 Å². The zero-order chi connectivity index (χ0) is 21.3. The normalized spacial score (nSPS) is 12.9. The van der Waals surface area contributed by atoms with E-state index in [-0.39, 0.29) is 11.8 Å². The summed E-state index contributed by atoms with van der Waals surface area (Å²) in [6.45, 7) is 1.93. The van der Waals surface area contributed by atoms with Gasteiger partial charge in [-0.2, -0.15) is 0 Å². The number of nitrogens with one attached hydrogen (secondary N) is 4. The third-order valence-electron chi connectivity index (χ3n) is 4.49. The van der Waals surface area contributed by atoms with Crippen LogP contribution in [0.3, 0.4) is 0 Å². The van der Waals surface area contributed by atoms with Crippen molar-refractivity contribution in [2.45, 2.75) is 13.1 Å². The molecule has 2 aromatic heterocycles. The zero-order valence-corrected chi connectivity index (χ0v) is 17.2. The van der Waals surface area contributed by atoms with Crippen molar-refractivity contribution in [2.24, 2.45) is 0 Å². The number of amides is 2. The van der Waals surface area contributed by atoms with Crippen molar-refractivity contribution in [1.29, 1.82) is 0 Å². The Balaban J connectivity index is 1.41. The quantitative estimate of drug-likeness (QED) is 0.382. The Morgan fingerprint density at radius 1 is 0.733 bits per heavy atom. The molecule has 2 atom stereocenters. The average Bonchev–Trinajstić information content (AvgIpc) is 3.37. The molecule has 0 aliphatic heterocycles. The molecule has 30 heavy (non-hydrogen) atoms. The number of quaternary nitrogens is 2. The Labute approximate surface area is 175 Å². The van der Waals surface area contributed by atoms with Crippen LogP contribution in [0.2, 0.25) is 0 Å². The topological polar surface area (TPSA) is 93.4 Å². The molecular weight excluding hydrogens is 384 g/mol. The summed E-state index contributed by atoms with van der Waals surface area (Å²) in [6, 6.07) is 14.5. The van der Waals surface area contributed by atoms with Crippen molar-refractivity contribution in [1.82, 2.24) is 0 Å². The van der Waals surface area contributed by atoms with E-state index < -0.39 is 0 Å². The molecule has 3 rings (SSSR count). The number of hydrogen-bond acceptors (Lipinski definition) is 4. The van der Waals surface area contributed by atoms with E-state index in [4.69, 9.17) is 8.83 Å². The first-order valence-corrected chi connectivity index (χ1v) is 9.85. The summed E-state index contributed by atoms with van der Waals surface area (Å²) in [5.74, 6) is 1.52. The van der Waals surface area contributed by atoms with E-state index in [2.05, 4.69) is 10.6 Å². The number of furan rings is 2. The van der Waals surface area contributed by atoms with Crippen molar-refractivity contribution in [3.05, 3.63) is 72.6 Å². The van der Waals surface area contributed by atoms with Gasteiger partial charge in [-0.05, 0) is 48.5 Å². The van der Waals surface area contributed by atoms with Crippen molar-refractivity contribution < 1.29 is 28.2 Å². The van der Waals surface area contributed by atoms with E-state index in [9.17, 15) is 9.59 Å². The van der Waals surface area contributed by atoms with Gasteiger partial charge < -0.3 is 29.3 Å². The first kappa shape index (κ1) is 21.4. The minimum Gasteiger partial charge on any atom is -0.463 e. The van der Waals surface area contributed by atoms with E-state index in [0.29, 0.717) is 37.6 Å². The minimum absolute atomic E-state index is 0.0843. The lowest BCUT2D eigenvalue weighted by Crippen LogP contribution is -3.08. The Kier molecular flexibility index (Phi) is 7.42. The molecule has 2 amide bonds. The molecule has 1 aromatic carbocycles. The molecule has 0 saturated heterocycles. The molecule has 0 radical (unpaired) electrons. The second-order valence-corrected chi connectivity index (χ2v) is 7.45. The number of hydrogen-bond donors (Lipinski definition) is 4. The van der Waals surface area contributed by atoms with Gasteiger partial charge in [-0.3, -0.25) is 9.59 Å². The molecule has 0 fully saturated rings. The van der Waals surface area contributed by atoms with Crippen molar-refractivity contribution in [3.8, 4) is 0 Å². The van der Waals surface area contributed by atoms with Crippen molar-refractivity contribution >= 4 is 23.2 Å². The predicted molar refractivity (Wildman–Crippen MR) is 112 cm³/mol. The van der Waals surface area contributed by atoms with Gasteiger partial charge in [0.2, 0.25) is 0 Å². The van der Waals surface area contributed by atoms with Crippen LogP contribution in [0.1, 0.15) is 11.5 Å². The van der Waals surface area contributed by atoms with Crippen LogP contribution in [0.4, 0.5) is 11.4 Å². The van der Waals surface area contributed by atoms with Crippen LogP contribution >= 0.6 is 0 Å². The molecule has 8 nitrogen and oxygen atoms in total. The summed E-state index contributed by atoms with van der Waals surface area (Å²) in [4.78, 5) is 26.5. The molecule has 0 spiro atoms. The maximum atomic E-state index is 12.2. The third-order valence-corrected chi connectivity index (χ3v) is 4.49. The van der Waals surface area contributed by atoms with E-state index in [1.807, 2.05) is 38.4 Å². The molecule has 4 N–H and O–H groups in total. The number of anilines is 2. The van der Waals surface area contributed by atoms with Gasteiger partial charge in [-0.25, -0.2) is 0 Å². The highest BCUT2D eigenvalue weighted by molar-refractivity contribution is 5.93. The van der Waals surface area contributed by atoms with Gasteiger partial charge in [-0.1, -0.05) is 0 Å². The van der Waals surface area contributed by atoms with Crippen LogP contribution in [-0.4, -0.2) is 39.0 Å². The Hall–Kier alpha value is -3.36. The lowest BCUT2D eigenvalue weighted by molar-refractivity contribution is -0.886. The number of carbonyl (C=O) groups is 2. The molecule has 0 aliphatic carbocycles. The van der Waals surface area contributed by atoms with Gasteiger partial charge >= 0.3 is 0 Å². The summed E-state index contributed by atoms with van der Waals surface area (Å²) in [7, 11) is 3.87. The standard InChI is InChI=1S/C22H26N4O4/c1-25(13-19-5-3-11-29-19)15-21(27)23-17-7-9-18(10-8-17)24-22(28)16-26(2)14-20-6-4-12-30-20/h3-12H,13-16H2,1-2H3,(H,23,27)(H,24,28)/p+2. The highest BCUT2D eigenvalue weighted by atomic mass is 16.3. The maximum Gasteiger partial charge on any atom is 0.279 e. The molecule has 3 aromatic rings. The second kappa shape index (κ2) is 10.4. The lowest BCUT2D eigenvalue weighted by Gasteiger charge is -2.13. The Morgan fingerprint density at radius 2 is 1.13 bits per heavy atom. The second-order valence-electron chi connectivity index (χ2n) is 7.45. The minimum atomic E-state index is -0.0843. The fraction of sp³-hybridized carbons (Fsp3) is 0.273. The van der Waals surface area contributed by atoms with Gasteiger partial charge in [0.1, 0.15) is 13.1 Å². The van der Waals surface area contributed by atoms with Gasteiger partial charge in [0.25, 0.3) is 11.8 Å². The number of likely N-dealkylation sites (N-methyl/N-ethyl adjacent to an activating group) is 2. The van der Waals surface area contributed by atoms with Gasteiger partial charge in [0.15, 0.2) is 24.6 Å². The van der Waals surface area contributed by atoms with E-state index in [0.717, 1.165) is 21.3 Å². The van der Waals surface area contributed by atoms with Crippen LogP contribution in [0.15, 0.2) is 69.9 Å². The summed E-state index contributed by atoms with van der Waals surface area (Å²) < 4.78 is 10.6. The first-order chi connectivity index (χ1) is 14.5. The summed E-state index contributed by atoms with van der Waals surface area (Å²) >= 11 is 0. The zero-order valence-electron chi connectivity index (χ0n) is 17.2. The smallest absolute Gasteiger partial charge is 0.279 e. The molecular formula is C22H28N4O4+2. The van der Waals surface area contributed by atoms with Crippen LogP contribution in [0.5, 0.6) is 0 Å². The molecule has 2 unspecified atom stereocenters. The molecule has 0 saturated carbocycles. The molecule has 8 heteroatoms. The fourth-order valence-electron chi connectivity index (χ4n) is 3.14. The fourth-order valence-corrected chi connectivity index (χ4v) is 3.14. The van der Waals surface area contributed by atoms with E-state index >= 15 is 0 Å². The third kappa shape index (κ3) is 6.91. The molecule has 0 aliphatic rings. The van der Waals surface area contributed by atoms with Crippen LogP contribution in [0, 0.1) is 0 Å². The largest absolute Gasteiger partial charge is 0.463 e. The predicted octanol–water partition coefficient (Wildman–Crippen LogP) is 0.179. The average molecular weight is 412 g/mol. The summed E-state index contributed by atoms with van der Waals surface area (Å²) in [6.07, 6.45) is 3.25. The van der Waals surface area contributed by atoms with Crippen molar-refractivity contribution in [3.63, 3.8) is 0 Å². The molecule has 158 valence electrons. The van der Waals surface area contributed by atoms with Crippen LogP contribution < -0.4 is 20.4 Å². The van der Waals surface area contributed by atoms with Gasteiger partial charge in [-0.15, -0.1) is 0 Å². The lowest BCUT2D eigenvalue weighted by atomic mass is 10.2. The van der Waals surface area contributed by atoms with Crippen LogP contribution in [0.25, 0.3) is 0 Å². The van der Waals surface area contributed by atoms with E-state index in [1.165, 1.54) is 0 Å². The molecule has 2 heterocycles. The number of rotatable bonds is 10. The van der Waals surface area contributed by atoms with Gasteiger partial charge in [0.05, 0.1) is 26.6 Å². The molecule has 0 bridgehead atoms. The Bertz CT molecular complexity index is 843. The highest BCUT2D eigenvalue weighted by Gasteiger charge is 2.14. The highest BCUT2D eigenvalue weighted by Crippen LogP contribution is 2.13. The van der Waals surface area contributed by atoms with Crippen molar-refractivity contribution in [2.75, 3.05) is 37.8 Å². The number of carbonyl (C=O) groups excluding carboxylic acids is 2.